The summed E-state index contributed by atoms with van der Waals surface area (Å²) < 4.78 is 5.89. The lowest BCUT2D eigenvalue weighted by Gasteiger charge is -2.22. The highest BCUT2D eigenvalue weighted by molar-refractivity contribution is 5.39. The average Bonchev–Trinajstić information content (AvgIpc) is 2.42. The maximum absolute atomic E-state index is 5.89. The monoisotopic (exact) mass is 261 g/mol. The molecule has 0 atom stereocenters. The third kappa shape index (κ3) is 4.54. The molecule has 1 aliphatic rings. The molecule has 0 bridgehead atoms. The molecule has 2 nitrogen and oxygen atoms in total. The van der Waals surface area contributed by atoms with Crippen LogP contribution in [0.1, 0.15) is 43.2 Å². The Balaban J connectivity index is 1.63. The zero-order valence-electron chi connectivity index (χ0n) is 12.4. The van der Waals surface area contributed by atoms with Gasteiger partial charge in [0.15, 0.2) is 0 Å². The molecule has 1 aliphatic carbocycles. The molecule has 0 amide bonds. The second kappa shape index (κ2) is 7.54. The van der Waals surface area contributed by atoms with E-state index < -0.39 is 0 Å². The quantitative estimate of drug-likeness (QED) is 0.785. The number of aryl methyl sites for hydroxylation is 2. The maximum atomic E-state index is 5.89. The second-order valence-corrected chi connectivity index (χ2v) is 5.78. The van der Waals surface area contributed by atoms with Crippen molar-refractivity contribution in [3.05, 3.63) is 29.3 Å². The summed E-state index contributed by atoms with van der Waals surface area (Å²) in [4.78, 5) is 0. The van der Waals surface area contributed by atoms with Crippen molar-refractivity contribution < 1.29 is 4.74 Å². The third-order valence-electron chi connectivity index (χ3n) is 4.09. The smallest absolute Gasteiger partial charge is 0.125 e. The van der Waals surface area contributed by atoms with E-state index in [0.29, 0.717) is 0 Å². The summed E-state index contributed by atoms with van der Waals surface area (Å²) in [5.41, 5.74) is 2.46. The minimum atomic E-state index is 0.762. The number of rotatable bonds is 6. The average molecular weight is 261 g/mol. The fourth-order valence-electron chi connectivity index (χ4n) is 2.95. The number of benzene rings is 1. The molecule has 0 unspecified atom stereocenters. The van der Waals surface area contributed by atoms with Gasteiger partial charge in [-0.05, 0) is 50.3 Å². The molecule has 1 saturated carbocycles. The number of hydrogen-bond donors (Lipinski definition) is 1. The van der Waals surface area contributed by atoms with Crippen molar-refractivity contribution >= 4 is 0 Å². The summed E-state index contributed by atoms with van der Waals surface area (Å²) in [5, 5.41) is 3.54. The molecule has 0 radical (unpaired) electrons. The summed E-state index contributed by atoms with van der Waals surface area (Å²) in [5.74, 6) is 1.95. The highest BCUT2D eigenvalue weighted by Crippen LogP contribution is 2.23. The van der Waals surface area contributed by atoms with Gasteiger partial charge in [-0.1, -0.05) is 37.5 Å². The molecule has 106 valence electrons. The van der Waals surface area contributed by atoms with Crippen LogP contribution in [0.4, 0.5) is 0 Å². The van der Waals surface area contributed by atoms with Crippen molar-refractivity contribution in [2.24, 2.45) is 5.92 Å². The van der Waals surface area contributed by atoms with Gasteiger partial charge in [0.25, 0.3) is 0 Å². The van der Waals surface area contributed by atoms with Gasteiger partial charge in [0.05, 0.1) is 0 Å². The Morgan fingerprint density at radius 1 is 1.11 bits per heavy atom. The standard InChI is InChI=1S/C17H27NO/c1-14-7-6-8-15(2)17(14)19-12-11-18-13-16-9-4-3-5-10-16/h6-8,16,18H,3-5,9-13H2,1-2H3. The molecule has 1 fully saturated rings. The van der Waals surface area contributed by atoms with Crippen molar-refractivity contribution in [2.75, 3.05) is 19.7 Å². The molecule has 0 heterocycles. The van der Waals surface area contributed by atoms with Crippen LogP contribution in [0, 0.1) is 19.8 Å². The Kier molecular flexibility index (Phi) is 5.71. The van der Waals surface area contributed by atoms with Gasteiger partial charge in [-0.3, -0.25) is 0 Å². The lowest BCUT2D eigenvalue weighted by Crippen LogP contribution is -2.28. The van der Waals surface area contributed by atoms with E-state index in [2.05, 4.69) is 37.4 Å². The molecular formula is C17H27NO. The minimum absolute atomic E-state index is 0.762. The fourth-order valence-corrected chi connectivity index (χ4v) is 2.95. The first kappa shape index (κ1) is 14.4. The first-order valence-electron chi connectivity index (χ1n) is 7.67. The summed E-state index contributed by atoms with van der Waals surface area (Å²) in [6, 6.07) is 6.30. The lowest BCUT2D eigenvalue weighted by atomic mass is 9.89. The van der Waals surface area contributed by atoms with Crippen LogP contribution < -0.4 is 10.1 Å². The van der Waals surface area contributed by atoms with E-state index in [1.165, 1.54) is 43.2 Å². The van der Waals surface area contributed by atoms with Crippen LogP contribution in [0.5, 0.6) is 5.75 Å². The highest BCUT2D eigenvalue weighted by atomic mass is 16.5. The lowest BCUT2D eigenvalue weighted by molar-refractivity contribution is 0.292. The molecule has 2 rings (SSSR count). The van der Waals surface area contributed by atoms with Crippen molar-refractivity contribution in [3.63, 3.8) is 0 Å². The zero-order chi connectivity index (χ0) is 13.5. The Bertz CT molecular complexity index is 363. The molecule has 0 aliphatic heterocycles. The van der Waals surface area contributed by atoms with Crippen molar-refractivity contribution in [3.8, 4) is 5.75 Å². The van der Waals surface area contributed by atoms with Crippen molar-refractivity contribution in [1.29, 1.82) is 0 Å². The minimum Gasteiger partial charge on any atom is -0.492 e. The van der Waals surface area contributed by atoms with Crippen molar-refractivity contribution in [1.82, 2.24) is 5.32 Å². The normalized spacial score (nSPS) is 16.5. The molecule has 2 heteroatoms. The maximum Gasteiger partial charge on any atom is 0.125 e. The Morgan fingerprint density at radius 2 is 1.79 bits per heavy atom. The molecule has 1 N–H and O–H groups in total. The Hall–Kier alpha value is -1.02. The zero-order valence-corrected chi connectivity index (χ0v) is 12.4. The van der Waals surface area contributed by atoms with Gasteiger partial charge >= 0.3 is 0 Å². The molecule has 0 saturated heterocycles. The first-order valence-corrected chi connectivity index (χ1v) is 7.67. The van der Waals surface area contributed by atoms with E-state index in [4.69, 9.17) is 4.74 Å². The van der Waals surface area contributed by atoms with Crippen LogP contribution in [-0.2, 0) is 0 Å². The second-order valence-electron chi connectivity index (χ2n) is 5.78. The van der Waals surface area contributed by atoms with Gasteiger partial charge in [0.1, 0.15) is 12.4 Å². The SMILES string of the molecule is Cc1cccc(C)c1OCCNCC1CCCCC1. The van der Waals surface area contributed by atoms with Crippen LogP contribution in [-0.4, -0.2) is 19.7 Å². The molecular weight excluding hydrogens is 234 g/mol. The van der Waals surface area contributed by atoms with E-state index >= 15 is 0 Å². The fraction of sp³-hybridized carbons (Fsp3) is 0.647. The molecule has 0 spiro atoms. The third-order valence-corrected chi connectivity index (χ3v) is 4.09. The number of nitrogens with one attached hydrogen (secondary N) is 1. The van der Waals surface area contributed by atoms with Gasteiger partial charge in [0, 0.05) is 6.54 Å². The van der Waals surface area contributed by atoms with E-state index in [-0.39, 0.29) is 0 Å². The van der Waals surface area contributed by atoms with Gasteiger partial charge in [-0.2, -0.15) is 0 Å². The highest BCUT2D eigenvalue weighted by Gasteiger charge is 2.12. The van der Waals surface area contributed by atoms with Gasteiger partial charge in [-0.15, -0.1) is 0 Å². The van der Waals surface area contributed by atoms with Crippen LogP contribution in [0.25, 0.3) is 0 Å². The number of ether oxygens (including phenoxy) is 1. The summed E-state index contributed by atoms with van der Waals surface area (Å²) in [6.07, 6.45) is 7.10. The summed E-state index contributed by atoms with van der Waals surface area (Å²) in [7, 11) is 0. The Labute approximate surface area is 117 Å². The van der Waals surface area contributed by atoms with E-state index in [9.17, 15) is 0 Å². The summed E-state index contributed by atoms with van der Waals surface area (Å²) in [6.45, 7) is 7.09. The van der Waals surface area contributed by atoms with E-state index in [1.807, 2.05) is 0 Å². The van der Waals surface area contributed by atoms with Crippen molar-refractivity contribution in [2.45, 2.75) is 46.0 Å². The predicted molar refractivity (Wildman–Crippen MR) is 80.9 cm³/mol. The van der Waals surface area contributed by atoms with E-state index in [1.54, 1.807) is 0 Å². The predicted octanol–water partition coefficient (Wildman–Crippen LogP) is 3.85. The Morgan fingerprint density at radius 3 is 2.47 bits per heavy atom. The van der Waals surface area contributed by atoms with Crippen LogP contribution in [0.2, 0.25) is 0 Å². The van der Waals surface area contributed by atoms with Gasteiger partial charge in [-0.25, -0.2) is 0 Å². The molecule has 1 aromatic rings. The van der Waals surface area contributed by atoms with Crippen LogP contribution in [0.3, 0.4) is 0 Å². The van der Waals surface area contributed by atoms with Crippen LogP contribution >= 0.6 is 0 Å². The number of para-hydroxylation sites is 1. The first-order chi connectivity index (χ1) is 9.27. The number of hydrogen-bond acceptors (Lipinski definition) is 2. The van der Waals surface area contributed by atoms with E-state index in [0.717, 1.165) is 31.4 Å². The van der Waals surface area contributed by atoms with Crippen LogP contribution in [0.15, 0.2) is 18.2 Å². The topological polar surface area (TPSA) is 21.3 Å². The largest absolute Gasteiger partial charge is 0.492 e. The van der Waals surface area contributed by atoms with Gasteiger partial charge in [0.2, 0.25) is 0 Å². The molecule has 0 aromatic heterocycles. The van der Waals surface area contributed by atoms with Gasteiger partial charge < -0.3 is 10.1 Å². The molecule has 1 aromatic carbocycles. The molecule has 19 heavy (non-hydrogen) atoms. The summed E-state index contributed by atoms with van der Waals surface area (Å²) >= 11 is 0.